The number of amides is 1. The molecule has 0 spiro atoms. The van der Waals surface area contributed by atoms with Crippen LogP contribution in [0.25, 0.3) is 22.3 Å². The predicted molar refractivity (Wildman–Crippen MR) is 231 cm³/mol. The summed E-state index contributed by atoms with van der Waals surface area (Å²) in [7, 11) is 3.93. The van der Waals surface area contributed by atoms with Crippen LogP contribution in [-0.4, -0.2) is 101 Å². The van der Waals surface area contributed by atoms with Gasteiger partial charge in [-0.05, 0) is 81.0 Å². The smallest absolute Gasteiger partial charge is 0.310 e. The third kappa shape index (κ3) is 9.53. The molecule has 7 rings (SSSR count). The fourth-order valence-electron chi connectivity index (χ4n) is 9.09. The number of fused-ring (bicyclic) bond motifs is 2. The van der Waals surface area contributed by atoms with Crippen LogP contribution in [0.4, 0.5) is 0 Å². The highest BCUT2D eigenvalue weighted by Crippen LogP contribution is 2.57. The van der Waals surface area contributed by atoms with Crippen molar-refractivity contribution in [3.8, 4) is 22.9 Å². The maximum atomic E-state index is 14.8. The molecule has 3 heterocycles. The number of ether oxygens (including phenoxy) is 3. The Morgan fingerprint density at radius 2 is 1.80 bits per heavy atom. The number of Topliss-reactive ketones (excluding diaryl/α,β-unsaturated/α-hetero) is 1. The minimum absolute atomic E-state index is 0.0433. The van der Waals surface area contributed by atoms with Crippen molar-refractivity contribution in [3.63, 3.8) is 0 Å². The summed E-state index contributed by atoms with van der Waals surface area (Å²) in [6, 6.07) is 4.48. The van der Waals surface area contributed by atoms with Crippen LogP contribution in [0.3, 0.4) is 0 Å². The summed E-state index contributed by atoms with van der Waals surface area (Å²) in [6.07, 6.45) is 4.60. The molecule has 14 heteroatoms. The van der Waals surface area contributed by atoms with Crippen LogP contribution in [0.5, 0.6) is 11.5 Å². The number of allylic oxidation sites excluding steroid dienone is 1. The van der Waals surface area contributed by atoms with Crippen LogP contribution in [0.1, 0.15) is 84.6 Å². The van der Waals surface area contributed by atoms with Crippen LogP contribution >= 0.6 is 22.9 Å². The van der Waals surface area contributed by atoms with Gasteiger partial charge in [-0.15, -0.1) is 17.9 Å². The number of ketones is 1. The minimum atomic E-state index is -1.26. The first-order chi connectivity index (χ1) is 28.4. The highest BCUT2D eigenvalue weighted by Gasteiger charge is 2.61. The third-order valence-corrected chi connectivity index (χ3v) is 14.0. The van der Waals surface area contributed by atoms with E-state index in [0.29, 0.717) is 76.1 Å². The first-order valence-corrected chi connectivity index (χ1v) is 22.5. The number of carboxylic acid groups (broad SMARTS) is 1. The summed E-state index contributed by atoms with van der Waals surface area (Å²) in [4.78, 5) is 68.6. The van der Waals surface area contributed by atoms with Gasteiger partial charge >= 0.3 is 11.9 Å². The van der Waals surface area contributed by atoms with E-state index in [9.17, 15) is 24.3 Å². The number of rotatable bonds is 18. The molecule has 0 radical (unpaired) electrons. The van der Waals surface area contributed by atoms with Crippen LogP contribution in [0, 0.1) is 40.4 Å². The van der Waals surface area contributed by atoms with Gasteiger partial charge in [0, 0.05) is 42.6 Å². The Morgan fingerprint density at radius 3 is 2.43 bits per heavy atom. The van der Waals surface area contributed by atoms with Crippen LogP contribution in [0.15, 0.2) is 36.2 Å². The summed E-state index contributed by atoms with van der Waals surface area (Å²) in [5, 5.41) is 14.1. The van der Waals surface area contributed by atoms with Crippen molar-refractivity contribution in [2.75, 3.05) is 33.8 Å². The maximum Gasteiger partial charge on any atom is 0.310 e. The van der Waals surface area contributed by atoms with Crippen LogP contribution in [-0.2, 0) is 30.3 Å². The molecule has 2 aromatic heterocycles. The number of thiazole rings is 1. The molecule has 1 amide bonds. The van der Waals surface area contributed by atoms with Crippen LogP contribution < -0.4 is 9.47 Å². The quantitative estimate of drug-likeness (QED) is 0.0977. The number of hydrogen-bond acceptors (Lipinski definition) is 11. The molecular weight excluding hydrogens is 804 g/mol. The number of hydrogen-bond donors (Lipinski definition) is 1. The van der Waals surface area contributed by atoms with Crippen molar-refractivity contribution >= 4 is 57.5 Å². The first kappa shape index (κ1) is 44.0. The van der Waals surface area contributed by atoms with Gasteiger partial charge in [-0.3, -0.25) is 19.2 Å². The molecule has 60 heavy (non-hydrogen) atoms. The van der Waals surface area contributed by atoms with Gasteiger partial charge in [-0.25, -0.2) is 9.97 Å². The van der Waals surface area contributed by atoms with Gasteiger partial charge in [-0.1, -0.05) is 52.3 Å². The zero-order valence-corrected chi connectivity index (χ0v) is 37.4. The molecule has 1 aromatic carbocycles. The molecule has 4 aliphatic rings. The molecule has 324 valence electrons. The lowest BCUT2D eigenvalue weighted by molar-refractivity contribution is -0.157. The van der Waals surface area contributed by atoms with E-state index in [4.69, 9.17) is 35.8 Å². The minimum Gasteiger partial charge on any atom is -0.491 e. The normalized spacial score (nSPS) is 26.3. The molecule has 0 bridgehead atoms. The van der Waals surface area contributed by atoms with E-state index in [2.05, 4.69) is 20.4 Å². The number of likely N-dealkylation sites (tertiary alicyclic amines) is 1. The summed E-state index contributed by atoms with van der Waals surface area (Å²) in [6.45, 7) is 14.9. The van der Waals surface area contributed by atoms with Crippen molar-refractivity contribution in [3.05, 3.63) is 46.3 Å². The largest absolute Gasteiger partial charge is 0.491 e. The van der Waals surface area contributed by atoms with Gasteiger partial charge in [-0.2, -0.15) is 0 Å². The van der Waals surface area contributed by atoms with E-state index in [1.807, 2.05) is 57.3 Å². The average molecular weight is 864 g/mol. The lowest BCUT2D eigenvalue weighted by Gasteiger charge is -2.35. The van der Waals surface area contributed by atoms with Gasteiger partial charge in [0.25, 0.3) is 0 Å². The number of carbonyl (C=O) groups is 4. The Bertz CT molecular complexity index is 2140. The fraction of sp³-hybridized carbons (Fsp3) is 0.609. The van der Waals surface area contributed by atoms with E-state index in [-0.39, 0.29) is 49.5 Å². The number of aromatic nitrogens is 2. The Hall–Kier alpha value is -4.07. The van der Waals surface area contributed by atoms with E-state index in [0.717, 1.165) is 24.3 Å². The van der Waals surface area contributed by atoms with E-state index in [1.165, 1.54) is 11.3 Å². The Labute approximate surface area is 362 Å². The van der Waals surface area contributed by atoms with Gasteiger partial charge in [0.15, 0.2) is 5.78 Å². The van der Waals surface area contributed by atoms with Crippen molar-refractivity contribution in [1.82, 2.24) is 19.8 Å². The number of esters is 1. The SMILES string of the molecule is C=C[C@@H]1CC1(CC(=O)[C@@H]1C[C@@H](Oc2cc(-c3csc(CC(C)C)n3)nc3c(Cl)c(OCCN(C)C)ccc23)CN1C(=O)[C@@H](CC(=O)OC1C[C@@H]2C[C@@H]2C1)C(C)(C)C)C(=O)O. The number of nitrogens with zero attached hydrogens (tertiary/aromatic N) is 4. The van der Waals surface area contributed by atoms with E-state index >= 15 is 0 Å². The number of halogens is 1. The zero-order valence-electron chi connectivity index (χ0n) is 35.9. The van der Waals surface area contributed by atoms with Crippen molar-refractivity contribution in [2.24, 2.45) is 40.4 Å². The lowest BCUT2D eigenvalue weighted by Crippen LogP contribution is -2.48. The van der Waals surface area contributed by atoms with Crippen molar-refractivity contribution in [2.45, 2.75) is 104 Å². The van der Waals surface area contributed by atoms with Gasteiger partial charge in [0.2, 0.25) is 5.91 Å². The Kier molecular flexibility index (Phi) is 12.7. The van der Waals surface area contributed by atoms with Crippen LogP contribution in [0.2, 0.25) is 5.02 Å². The first-order valence-electron chi connectivity index (χ1n) is 21.3. The second kappa shape index (κ2) is 17.4. The molecule has 1 N–H and O–H groups in total. The van der Waals surface area contributed by atoms with E-state index < -0.39 is 40.8 Å². The second-order valence-corrected chi connectivity index (χ2v) is 20.6. The summed E-state index contributed by atoms with van der Waals surface area (Å²) in [5.74, 6) is -0.722. The molecule has 12 nitrogen and oxygen atoms in total. The van der Waals surface area contributed by atoms with Crippen molar-refractivity contribution in [1.29, 1.82) is 0 Å². The van der Waals surface area contributed by atoms with Gasteiger partial charge in [0.1, 0.15) is 35.3 Å². The second-order valence-electron chi connectivity index (χ2n) is 19.3. The highest BCUT2D eigenvalue weighted by molar-refractivity contribution is 7.09. The van der Waals surface area contributed by atoms with Gasteiger partial charge < -0.3 is 29.1 Å². The Balaban J connectivity index is 1.21. The number of carboxylic acids is 1. The predicted octanol–water partition coefficient (Wildman–Crippen LogP) is 8.13. The molecule has 4 fully saturated rings. The summed E-state index contributed by atoms with van der Waals surface area (Å²) in [5.41, 5.74) is -0.240. The summed E-state index contributed by atoms with van der Waals surface area (Å²) < 4.78 is 18.8. The molecule has 8 atom stereocenters. The molecule has 3 aromatic rings. The average Bonchev–Trinajstić information content (AvgIpc) is 3.84. The van der Waals surface area contributed by atoms with Crippen molar-refractivity contribution < 1.29 is 38.5 Å². The molecule has 3 saturated carbocycles. The molecule has 1 aliphatic heterocycles. The van der Waals surface area contributed by atoms with E-state index in [1.54, 1.807) is 23.5 Å². The number of likely N-dealkylation sites (N-methyl/N-ethyl adjacent to an activating group) is 1. The molecule has 3 aliphatic carbocycles. The highest BCUT2D eigenvalue weighted by atomic mass is 35.5. The topological polar surface area (TPSA) is 148 Å². The lowest BCUT2D eigenvalue weighted by atomic mass is 9.77. The zero-order chi connectivity index (χ0) is 43.3. The third-order valence-electron chi connectivity index (χ3n) is 12.8. The molecule has 2 unspecified atom stereocenters. The summed E-state index contributed by atoms with van der Waals surface area (Å²) >= 11 is 8.60. The maximum absolute atomic E-state index is 14.8. The number of carbonyl (C=O) groups excluding carboxylic acids is 3. The monoisotopic (exact) mass is 862 g/mol. The molecular formula is C46H59ClN4O8S. The number of aliphatic carboxylic acids is 1. The molecule has 1 saturated heterocycles. The Morgan fingerprint density at radius 1 is 1.07 bits per heavy atom. The van der Waals surface area contributed by atoms with Gasteiger partial charge in [0.05, 0.1) is 52.3 Å². The standard InChI is InChI=1S/C46H59ClN4O8S/c1-9-28-21-46(28,44(55)56)22-36(52)35-18-30(23-51(35)43(54)32(45(4,5)6)19-40(53)59-29-16-26-15-27(26)17-29)58-38-20-33(34-24-60-39(48-34)14-25(2)3)49-42-31(38)10-11-37(41(42)47)57-13-12-50(7)8/h9-11,20,24-30,32,35H,1,12-19,21-23H2,2-8H3,(H,55,56)/t26-,27+,28-,29?,30-,32-,35+,46?/m1/s1. The fourth-order valence-corrected chi connectivity index (χ4v) is 10.3. The number of pyridine rings is 1. The number of benzene rings is 1.